The van der Waals surface area contributed by atoms with E-state index in [0.717, 1.165) is 26.2 Å². The summed E-state index contributed by atoms with van der Waals surface area (Å²) in [5.41, 5.74) is 1.79. The summed E-state index contributed by atoms with van der Waals surface area (Å²) >= 11 is 0. The van der Waals surface area contributed by atoms with Crippen molar-refractivity contribution in [1.29, 1.82) is 0 Å². The molecule has 1 saturated heterocycles. The van der Waals surface area contributed by atoms with Crippen molar-refractivity contribution in [3.63, 3.8) is 0 Å². The second-order valence-corrected chi connectivity index (χ2v) is 6.76. The Labute approximate surface area is 158 Å². The molecule has 27 heavy (non-hydrogen) atoms. The number of hydrogen-bond acceptors (Lipinski definition) is 5. The molecule has 2 aliphatic heterocycles. The minimum atomic E-state index is -0.650. The van der Waals surface area contributed by atoms with Crippen molar-refractivity contribution in [3.8, 4) is 0 Å². The molecule has 0 aliphatic carbocycles. The number of hydrogen-bond donors (Lipinski definition) is 1. The summed E-state index contributed by atoms with van der Waals surface area (Å²) in [6.07, 6.45) is 0.0984. The molecule has 0 aromatic heterocycles. The van der Waals surface area contributed by atoms with Crippen LogP contribution in [0.3, 0.4) is 0 Å². The highest BCUT2D eigenvalue weighted by atomic mass is 16.2. The molecule has 1 N–H and O–H groups in total. The molecular weight excluding hydrogens is 340 g/mol. The lowest BCUT2D eigenvalue weighted by atomic mass is 10.0. The molecule has 6 heteroatoms. The van der Waals surface area contributed by atoms with Gasteiger partial charge in [-0.25, -0.2) is 4.99 Å². The molecule has 2 heterocycles. The van der Waals surface area contributed by atoms with E-state index in [-0.39, 0.29) is 18.1 Å². The molecule has 0 saturated carbocycles. The normalized spacial score (nSPS) is 20.1. The summed E-state index contributed by atoms with van der Waals surface area (Å²) in [6.45, 7) is 3.19. The van der Waals surface area contributed by atoms with Gasteiger partial charge in [0, 0.05) is 37.4 Å². The van der Waals surface area contributed by atoms with Crippen LogP contribution in [0.5, 0.6) is 0 Å². The Morgan fingerprint density at radius 2 is 1.48 bits per heavy atom. The average molecular weight is 362 g/mol. The third-order valence-electron chi connectivity index (χ3n) is 4.97. The fourth-order valence-electron chi connectivity index (χ4n) is 3.50. The smallest absolute Gasteiger partial charge is 0.229 e. The van der Waals surface area contributed by atoms with E-state index in [1.807, 2.05) is 36.4 Å². The number of piperazine rings is 1. The second-order valence-electron chi connectivity index (χ2n) is 6.76. The molecule has 0 spiro atoms. The first-order valence-electron chi connectivity index (χ1n) is 9.22. The fourth-order valence-corrected chi connectivity index (χ4v) is 3.50. The van der Waals surface area contributed by atoms with Crippen LogP contribution in [0.25, 0.3) is 0 Å². The van der Waals surface area contributed by atoms with Crippen LogP contribution in [0, 0.1) is 0 Å². The Kier molecular flexibility index (Phi) is 4.87. The molecule has 1 atom stereocenters. The Hall–Kier alpha value is -3.15. The minimum Gasteiger partial charge on any atom is -0.368 e. The molecule has 1 amide bonds. The number of nitrogens with one attached hydrogen (secondary N) is 1. The summed E-state index contributed by atoms with van der Waals surface area (Å²) in [4.78, 5) is 33.8. The van der Waals surface area contributed by atoms with Gasteiger partial charge in [-0.1, -0.05) is 48.5 Å². The van der Waals surface area contributed by atoms with Gasteiger partial charge < -0.3 is 9.80 Å². The number of carbonyl (C=O) groups is 2. The lowest BCUT2D eigenvalue weighted by molar-refractivity contribution is -0.120. The molecule has 0 radical (unpaired) electrons. The van der Waals surface area contributed by atoms with Crippen LogP contribution in [0.2, 0.25) is 0 Å². The molecule has 2 aromatic rings. The number of anilines is 1. The molecule has 0 bridgehead atoms. The number of amides is 1. The highest BCUT2D eigenvalue weighted by Gasteiger charge is 2.31. The molecular formula is C21H22N4O2. The van der Waals surface area contributed by atoms with Crippen molar-refractivity contribution < 1.29 is 9.59 Å². The minimum absolute atomic E-state index is 0.0984. The third kappa shape index (κ3) is 3.84. The molecule has 138 valence electrons. The summed E-state index contributed by atoms with van der Waals surface area (Å²) in [5.74, 6) is 0.263. The first-order valence-corrected chi connectivity index (χ1v) is 9.22. The number of Topliss-reactive ketones (excluding diaryl/α,β-unsaturated/α-hetero) is 1. The number of guanidine groups is 1. The zero-order valence-corrected chi connectivity index (χ0v) is 15.0. The van der Waals surface area contributed by atoms with E-state index in [4.69, 9.17) is 0 Å². The summed E-state index contributed by atoms with van der Waals surface area (Å²) in [5, 5.41) is 2.84. The van der Waals surface area contributed by atoms with E-state index in [9.17, 15) is 9.59 Å². The number of nitrogens with zero attached hydrogens (tertiary/aromatic N) is 3. The predicted octanol–water partition coefficient (Wildman–Crippen LogP) is 1.94. The molecule has 4 rings (SSSR count). The number of para-hydroxylation sites is 1. The number of carbonyl (C=O) groups excluding carboxylic acids is 2. The van der Waals surface area contributed by atoms with Crippen LogP contribution in [-0.2, 0) is 4.79 Å². The van der Waals surface area contributed by atoms with Crippen LogP contribution in [0.15, 0.2) is 65.7 Å². The van der Waals surface area contributed by atoms with Crippen LogP contribution in [0.1, 0.15) is 16.8 Å². The second kappa shape index (κ2) is 7.61. The quantitative estimate of drug-likeness (QED) is 0.848. The lowest BCUT2D eigenvalue weighted by Crippen LogP contribution is -2.56. The van der Waals surface area contributed by atoms with Crippen molar-refractivity contribution in [2.24, 2.45) is 4.99 Å². The van der Waals surface area contributed by atoms with E-state index < -0.39 is 6.04 Å². The van der Waals surface area contributed by atoms with Gasteiger partial charge >= 0.3 is 0 Å². The van der Waals surface area contributed by atoms with E-state index in [1.54, 1.807) is 12.1 Å². The Balaban J connectivity index is 1.46. The molecule has 2 aromatic carbocycles. The van der Waals surface area contributed by atoms with Crippen LogP contribution < -0.4 is 10.2 Å². The van der Waals surface area contributed by atoms with Crippen molar-refractivity contribution in [1.82, 2.24) is 10.2 Å². The highest BCUT2D eigenvalue weighted by molar-refractivity contribution is 6.08. The van der Waals surface area contributed by atoms with Gasteiger partial charge in [-0.15, -0.1) is 0 Å². The molecule has 0 unspecified atom stereocenters. The standard InChI is InChI=1S/C21H22N4O2/c26-19-15-18(20(27)16-7-3-1-4-8-16)22-21(23-19)25-13-11-24(12-14-25)17-9-5-2-6-10-17/h1-10,18H,11-15H2,(H,22,23,26)/t18-/m0/s1. The van der Waals surface area contributed by atoms with E-state index >= 15 is 0 Å². The summed E-state index contributed by atoms with van der Waals surface area (Å²) in [6, 6.07) is 18.7. The van der Waals surface area contributed by atoms with E-state index in [0.29, 0.717) is 11.5 Å². The number of rotatable bonds is 3. The van der Waals surface area contributed by atoms with Gasteiger partial charge in [0.25, 0.3) is 0 Å². The Morgan fingerprint density at radius 3 is 2.15 bits per heavy atom. The highest BCUT2D eigenvalue weighted by Crippen LogP contribution is 2.17. The van der Waals surface area contributed by atoms with Crippen LogP contribution in [0.4, 0.5) is 5.69 Å². The van der Waals surface area contributed by atoms with Crippen molar-refractivity contribution in [2.45, 2.75) is 12.5 Å². The maximum absolute atomic E-state index is 12.7. The van der Waals surface area contributed by atoms with Gasteiger partial charge in [0.2, 0.25) is 11.9 Å². The molecule has 2 aliphatic rings. The first kappa shape index (κ1) is 17.3. The maximum atomic E-state index is 12.7. The number of benzene rings is 2. The van der Waals surface area contributed by atoms with Crippen molar-refractivity contribution >= 4 is 23.3 Å². The molecule has 1 fully saturated rings. The summed E-state index contributed by atoms with van der Waals surface area (Å²) in [7, 11) is 0. The van der Waals surface area contributed by atoms with Gasteiger partial charge in [0.1, 0.15) is 6.04 Å². The van der Waals surface area contributed by atoms with Gasteiger partial charge in [-0.2, -0.15) is 0 Å². The fraction of sp³-hybridized carbons (Fsp3) is 0.286. The first-order chi connectivity index (χ1) is 13.2. The van der Waals surface area contributed by atoms with Gasteiger partial charge in [0.05, 0.1) is 6.42 Å². The topological polar surface area (TPSA) is 65.0 Å². The molecule has 6 nitrogen and oxygen atoms in total. The predicted molar refractivity (Wildman–Crippen MR) is 105 cm³/mol. The van der Waals surface area contributed by atoms with Gasteiger partial charge in [0.15, 0.2) is 5.78 Å². The summed E-state index contributed by atoms with van der Waals surface area (Å²) < 4.78 is 0. The zero-order chi connectivity index (χ0) is 18.6. The van der Waals surface area contributed by atoms with Gasteiger partial charge in [-0.05, 0) is 12.1 Å². The zero-order valence-electron chi connectivity index (χ0n) is 15.0. The lowest BCUT2D eigenvalue weighted by Gasteiger charge is -2.38. The van der Waals surface area contributed by atoms with Crippen molar-refractivity contribution in [2.75, 3.05) is 31.1 Å². The van der Waals surface area contributed by atoms with Crippen LogP contribution in [-0.4, -0.2) is 54.8 Å². The van der Waals surface area contributed by atoms with E-state index in [1.165, 1.54) is 5.69 Å². The number of ketones is 1. The SMILES string of the molecule is O=C1C[C@@H](C(=O)c2ccccc2)N=C(N2CCN(c3ccccc3)CC2)N1. The monoisotopic (exact) mass is 362 g/mol. The maximum Gasteiger partial charge on any atom is 0.229 e. The largest absolute Gasteiger partial charge is 0.368 e. The van der Waals surface area contributed by atoms with E-state index in [2.05, 4.69) is 32.2 Å². The van der Waals surface area contributed by atoms with Crippen LogP contribution >= 0.6 is 0 Å². The van der Waals surface area contributed by atoms with Crippen molar-refractivity contribution in [3.05, 3.63) is 66.2 Å². The average Bonchev–Trinajstić information content (AvgIpc) is 2.74. The van der Waals surface area contributed by atoms with Gasteiger partial charge in [-0.3, -0.25) is 14.9 Å². The number of aliphatic imine (C=N–C) groups is 1. The Bertz CT molecular complexity index is 843. The third-order valence-corrected chi connectivity index (χ3v) is 4.97. The Morgan fingerprint density at radius 1 is 0.889 bits per heavy atom.